The van der Waals surface area contributed by atoms with Gasteiger partial charge in [-0.05, 0) is 43.2 Å². The molecular weight excluding hydrogens is 428 g/mol. The van der Waals surface area contributed by atoms with Crippen LogP contribution in [0.4, 0.5) is 5.69 Å². The minimum atomic E-state index is -0.359. The van der Waals surface area contributed by atoms with Gasteiger partial charge >= 0.3 is 5.97 Å². The highest BCUT2D eigenvalue weighted by Crippen LogP contribution is 2.34. The summed E-state index contributed by atoms with van der Waals surface area (Å²) in [7, 11) is 1.40. The standard InChI is InChI=1S/C25H29ClN2O4/c1-3-10-27-12-9-21(27)16-28-11-4-13-31-24-15-20(26)7-5-19(24)17-32-23-8-6-18(14-22(23)28)25(29)30-2/h3,5-8,14-15,21H,1,4,9-13,16-17H2,2H3/t21-/m0/s1. The molecule has 32 heavy (non-hydrogen) atoms. The highest BCUT2D eigenvalue weighted by Gasteiger charge is 2.30. The van der Waals surface area contributed by atoms with Crippen molar-refractivity contribution in [1.82, 2.24) is 4.90 Å². The van der Waals surface area contributed by atoms with Crippen molar-refractivity contribution in [2.45, 2.75) is 25.5 Å². The van der Waals surface area contributed by atoms with Gasteiger partial charge in [-0.15, -0.1) is 6.58 Å². The second-order valence-electron chi connectivity index (χ2n) is 8.09. The van der Waals surface area contributed by atoms with Crippen molar-refractivity contribution in [3.63, 3.8) is 0 Å². The summed E-state index contributed by atoms with van der Waals surface area (Å²) in [4.78, 5) is 16.9. The lowest BCUT2D eigenvalue weighted by atomic mass is 10.0. The van der Waals surface area contributed by atoms with Crippen LogP contribution < -0.4 is 14.4 Å². The van der Waals surface area contributed by atoms with Gasteiger partial charge in [0.1, 0.15) is 18.1 Å². The van der Waals surface area contributed by atoms with E-state index >= 15 is 0 Å². The Balaban J connectivity index is 1.66. The Morgan fingerprint density at radius 3 is 2.84 bits per heavy atom. The number of hydrogen-bond donors (Lipinski definition) is 0. The summed E-state index contributed by atoms with van der Waals surface area (Å²) in [6.07, 6.45) is 3.90. The molecule has 2 aliphatic rings. The van der Waals surface area contributed by atoms with Crippen LogP contribution in [0.1, 0.15) is 28.8 Å². The zero-order valence-corrected chi connectivity index (χ0v) is 19.1. The topological polar surface area (TPSA) is 51.2 Å². The number of ether oxygens (including phenoxy) is 3. The molecule has 0 bridgehead atoms. The lowest BCUT2D eigenvalue weighted by Gasteiger charge is -2.43. The van der Waals surface area contributed by atoms with Crippen LogP contribution in [0, 0.1) is 0 Å². The predicted molar refractivity (Wildman–Crippen MR) is 126 cm³/mol. The fraction of sp³-hybridized carbons (Fsp3) is 0.400. The molecule has 0 amide bonds. The van der Waals surface area contributed by atoms with E-state index < -0.39 is 0 Å². The van der Waals surface area contributed by atoms with Crippen molar-refractivity contribution in [2.24, 2.45) is 0 Å². The first kappa shape index (κ1) is 22.5. The Hall–Kier alpha value is -2.70. The summed E-state index contributed by atoms with van der Waals surface area (Å²) in [5, 5.41) is 0.635. The third-order valence-electron chi connectivity index (χ3n) is 6.02. The Morgan fingerprint density at radius 1 is 1.22 bits per heavy atom. The van der Waals surface area contributed by atoms with Crippen molar-refractivity contribution in [3.05, 3.63) is 65.2 Å². The van der Waals surface area contributed by atoms with Gasteiger partial charge in [-0.1, -0.05) is 23.7 Å². The number of halogens is 1. The largest absolute Gasteiger partial charge is 0.493 e. The van der Waals surface area contributed by atoms with Crippen LogP contribution in [0.25, 0.3) is 0 Å². The van der Waals surface area contributed by atoms with Crippen LogP contribution in [0.5, 0.6) is 11.5 Å². The molecule has 0 aliphatic carbocycles. The Bertz CT molecular complexity index is 980. The number of rotatable bonds is 5. The number of methoxy groups -OCH3 is 1. The number of carbonyl (C=O) groups excluding carboxylic acids is 1. The first-order valence-electron chi connectivity index (χ1n) is 11.0. The van der Waals surface area contributed by atoms with Crippen molar-refractivity contribution >= 4 is 23.3 Å². The second kappa shape index (κ2) is 10.3. The van der Waals surface area contributed by atoms with Gasteiger partial charge in [0.25, 0.3) is 0 Å². The van der Waals surface area contributed by atoms with E-state index in [1.807, 2.05) is 36.4 Å². The summed E-state index contributed by atoms with van der Waals surface area (Å²) < 4.78 is 17.2. The monoisotopic (exact) mass is 456 g/mol. The maximum atomic E-state index is 12.2. The third kappa shape index (κ3) is 5.03. The zero-order chi connectivity index (χ0) is 22.5. The Morgan fingerprint density at radius 2 is 2.09 bits per heavy atom. The van der Waals surface area contributed by atoms with Gasteiger partial charge < -0.3 is 19.1 Å². The maximum Gasteiger partial charge on any atom is 0.337 e. The highest BCUT2D eigenvalue weighted by atomic mass is 35.5. The lowest BCUT2D eigenvalue weighted by molar-refractivity contribution is 0.0600. The average Bonchev–Trinajstić information content (AvgIpc) is 2.82. The molecule has 2 aromatic rings. The predicted octanol–water partition coefficient (Wildman–Crippen LogP) is 4.55. The first-order chi connectivity index (χ1) is 15.6. The van der Waals surface area contributed by atoms with E-state index in [1.165, 1.54) is 7.11 Å². The fourth-order valence-electron chi connectivity index (χ4n) is 4.18. The molecule has 0 unspecified atom stereocenters. The lowest BCUT2D eigenvalue weighted by Crippen LogP contribution is -2.53. The number of fused-ring (bicyclic) bond motifs is 2. The van der Waals surface area contributed by atoms with E-state index in [2.05, 4.69) is 16.4 Å². The second-order valence-corrected chi connectivity index (χ2v) is 8.53. The van der Waals surface area contributed by atoms with Crippen LogP contribution in [0.2, 0.25) is 5.02 Å². The fourth-order valence-corrected chi connectivity index (χ4v) is 4.34. The van der Waals surface area contributed by atoms with Gasteiger partial charge in [0.15, 0.2) is 0 Å². The number of benzene rings is 2. The maximum absolute atomic E-state index is 12.2. The number of carbonyl (C=O) groups is 1. The molecule has 0 radical (unpaired) electrons. The summed E-state index contributed by atoms with van der Waals surface area (Å²) in [6, 6.07) is 11.5. The van der Waals surface area contributed by atoms with Crippen LogP contribution in [-0.2, 0) is 11.3 Å². The molecule has 1 saturated heterocycles. The SMILES string of the molecule is C=CCN1CC[C@H]1CN1CCCOc2cc(Cl)ccc2COc2ccc(C(=O)OC)cc21. The van der Waals surface area contributed by atoms with Gasteiger partial charge in [-0.3, -0.25) is 4.90 Å². The summed E-state index contributed by atoms with van der Waals surface area (Å²) in [6.45, 7) is 8.36. The van der Waals surface area contributed by atoms with Crippen molar-refractivity contribution in [2.75, 3.05) is 44.8 Å². The molecule has 0 aromatic heterocycles. The zero-order valence-electron chi connectivity index (χ0n) is 18.4. The molecule has 170 valence electrons. The number of hydrogen-bond acceptors (Lipinski definition) is 6. The Labute approximate surface area is 194 Å². The molecule has 0 spiro atoms. The van der Waals surface area contributed by atoms with Crippen molar-refractivity contribution < 1.29 is 19.0 Å². The number of anilines is 1. The minimum Gasteiger partial charge on any atom is -0.493 e. The molecule has 2 heterocycles. The van der Waals surface area contributed by atoms with E-state index in [1.54, 1.807) is 6.07 Å². The van der Waals surface area contributed by atoms with Crippen LogP contribution >= 0.6 is 11.6 Å². The minimum absolute atomic E-state index is 0.344. The van der Waals surface area contributed by atoms with Crippen LogP contribution in [-0.4, -0.2) is 56.8 Å². The molecule has 0 N–H and O–H groups in total. The van der Waals surface area contributed by atoms with E-state index in [-0.39, 0.29) is 5.97 Å². The molecule has 0 saturated carbocycles. The van der Waals surface area contributed by atoms with Crippen LogP contribution in [0.15, 0.2) is 49.1 Å². The van der Waals surface area contributed by atoms with E-state index in [0.29, 0.717) is 29.8 Å². The van der Waals surface area contributed by atoms with Crippen molar-refractivity contribution in [3.8, 4) is 11.5 Å². The third-order valence-corrected chi connectivity index (χ3v) is 6.26. The number of likely N-dealkylation sites (tertiary alicyclic amines) is 1. The average molecular weight is 457 g/mol. The highest BCUT2D eigenvalue weighted by molar-refractivity contribution is 6.30. The molecule has 7 heteroatoms. The number of nitrogens with zero attached hydrogens (tertiary/aromatic N) is 2. The Kier molecular flexibility index (Phi) is 7.22. The van der Waals surface area contributed by atoms with Gasteiger partial charge in [0.2, 0.25) is 0 Å². The molecule has 2 aromatic carbocycles. The van der Waals surface area contributed by atoms with Gasteiger partial charge in [0.05, 0.1) is 25.0 Å². The van der Waals surface area contributed by atoms with Gasteiger partial charge in [0, 0.05) is 42.8 Å². The molecular formula is C25H29ClN2O4. The molecule has 2 aliphatic heterocycles. The first-order valence-corrected chi connectivity index (χ1v) is 11.3. The molecule has 1 atom stereocenters. The summed E-state index contributed by atoms with van der Waals surface area (Å²) >= 11 is 6.18. The van der Waals surface area contributed by atoms with E-state index in [9.17, 15) is 4.79 Å². The van der Waals surface area contributed by atoms with E-state index in [0.717, 1.165) is 61.8 Å². The van der Waals surface area contributed by atoms with E-state index in [4.69, 9.17) is 25.8 Å². The molecule has 6 nitrogen and oxygen atoms in total. The van der Waals surface area contributed by atoms with Gasteiger partial charge in [-0.2, -0.15) is 0 Å². The van der Waals surface area contributed by atoms with Crippen LogP contribution in [0.3, 0.4) is 0 Å². The summed E-state index contributed by atoms with van der Waals surface area (Å²) in [5.74, 6) is 1.12. The van der Waals surface area contributed by atoms with Gasteiger partial charge in [-0.25, -0.2) is 4.79 Å². The number of esters is 1. The smallest absolute Gasteiger partial charge is 0.337 e. The quantitative estimate of drug-likeness (QED) is 0.486. The van der Waals surface area contributed by atoms with Crippen molar-refractivity contribution in [1.29, 1.82) is 0 Å². The summed E-state index contributed by atoms with van der Waals surface area (Å²) in [5.41, 5.74) is 2.34. The molecule has 1 fully saturated rings. The normalized spacial score (nSPS) is 18.7. The molecule has 4 rings (SSSR count).